The molecule has 1 heterocycles. The van der Waals surface area contributed by atoms with Gasteiger partial charge >= 0.3 is 18.0 Å². The van der Waals surface area contributed by atoms with Crippen molar-refractivity contribution in [1.29, 1.82) is 0 Å². The lowest BCUT2D eigenvalue weighted by Crippen LogP contribution is -2.81. The van der Waals surface area contributed by atoms with E-state index in [0.717, 1.165) is 6.42 Å². The van der Waals surface area contributed by atoms with Crippen LogP contribution in [0.1, 0.15) is 78.8 Å². The molecule has 0 aromatic heterocycles. The first-order valence-corrected chi connectivity index (χ1v) is 17.5. The van der Waals surface area contributed by atoms with Gasteiger partial charge in [0.05, 0.1) is 36.9 Å². The summed E-state index contributed by atoms with van der Waals surface area (Å²) in [6.45, 7) is 9.44. The zero-order valence-corrected chi connectivity index (χ0v) is 30.2. The van der Waals surface area contributed by atoms with Crippen LogP contribution in [0.2, 0.25) is 0 Å². The number of Topliss-reactive ketones (excluding diaryl/α,β-unsaturated/α-hetero) is 1. The van der Waals surface area contributed by atoms with Gasteiger partial charge in [0.2, 0.25) is 0 Å². The van der Waals surface area contributed by atoms with Gasteiger partial charge in [-0.15, -0.1) is 0 Å². The summed E-state index contributed by atoms with van der Waals surface area (Å²) < 4.78 is 28.9. The Balaban J connectivity index is 1.56. The number of nitrogens with one attached hydrogen (secondary N) is 1. The highest BCUT2D eigenvalue weighted by molar-refractivity contribution is 5.93. The van der Waals surface area contributed by atoms with Crippen molar-refractivity contribution in [1.82, 2.24) is 5.32 Å². The van der Waals surface area contributed by atoms with E-state index in [4.69, 9.17) is 23.7 Å². The second-order valence-electron chi connectivity index (χ2n) is 15.0. The third-order valence-corrected chi connectivity index (χ3v) is 11.9. The molecule has 2 bridgehead atoms. The second-order valence-corrected chi connectivity index (χ2v) is 15.0. The van der Waals surface area contributed by atoms with Crippen molar-refractivity contribution < 1.29 is 63.3 Å². The Morgan fingerprint density at radius 1 is 1.12 bits per heavy atom. The number of methoxy groups -OCH3 is 1. The van der Waals surface area contributed by atoms with Crippen LogP contribution in [0.15, 0.2) is 41.5 Å². The first kappa shape index (κ1) is 38.8. The molecule has 1 saturated heterocycles. The fourth-order valence-corrected chi connectivity index (χ4v) is 9.01. The van der Waals surface area contributed by atoms with Crippen molar-refractivity contribution >= 4 is 23.8 Å². The summed E-state index contributed by atoms with van der Waals surface area (Å²) in [5, 5.41) is 50.4. The van der Waals surface area contributed by atoms with E-state index in [1.54, 1.807) is 51.1 Å². The van der Waals surface area contributed by atoms with Crippen molar-refractivity contribution in [2.75, 3.05) is 20.3 Å². The molecule has 5 N–H and O–H groups in total. The number of alkyl carbamates (subject to hydrolysis) is 1. The zero-order chi connectivity index (χ0) is 37.7. The van der Waals surface area contributed by atoms with Crippen LogP contribution in [-0.2, 0) is 38.1 Å². The molecule has 4 aliphatic rings. The summed E-state index contributed by atoms with van der Waals surface area (Å²) in [6, 6.07) is 7.02. The smallest absolute Gasteiger partial charge is 0.407 e. The number of rotatable bonds is 10. The third kappa shape index (κ3) is 6.17. The Hall–Kier alpha value is -3.40. The van der Waals surface area contributed by atoms with Gasteiger partial charge in [-0.05, 0) is 37.0 Å². The maximum atomic E-state index is 14.6. The lowest BCUT2D eigenvalue weighted by molar-refractivity contribution is -0.348. The summed E-state index contributed by atoms with van der Waals surface area (Å²) in [5.41, 5.74) is -6.02. The molecule has 3 aliphatic carbocycles. The van der Waals surface area contributed by atoms with Gasteiger partial charge in [-0.25, -0.2) is 9.59 Å². The van der Waals surface area contributed by atoms with Crippen LogP contribution in [0.5, 0.6) is 0 Å². The molecule has 2 saturated carbocycles. The number of benzene rings is 1. The zero-order valence-electron chi connectivity index (χ0n) is 30.2. The number of hydrogen-bond donors (Lipinski definition) is 5. The average molecular weight is 718 g/mol. The van der Waals surface area contributed by atoms with E-state index in [-0.39, 0.29) is 37.2 Å². The largest absolute Gasteiger partial charge is 0.456 e. The molecule has 1 aromatic rings. The molecule has 11 atom stereocenters. The van der Waals surface area contributed by atoms with E-state index in [2.05, 4.69) is 5.32 Å². The summed E-state index contributed by atoms with van der Waals surface area (Å²) in [4.78, 5) is 53.6. The Labute approximate surface area is 297 Å². The number of carbonyl (C=O) groups excluding carboxylic acids is 4. The van der Waals surface area contributed by atoms with E-state index >= 15 is 0 Å². The van der Waals surface area contributed by atoms with E-state index in [9.17, 15) is 39.6 Å². The Kier molecular flexibility index (Phi) is 10.8. The monoisotopic (exact) mass is 717 g/mol. The molecular weight excluding hydrogens is 666 g/mol. The molecule has 14 nitrogen and oxygen atoms in total. The topological polar surface area (TPSA) is 207 Å². The molecule has 1 amide bonds. The van der Waals surface area contributed by atoms with Gasteiger partial charge < -0.3 is 49.4 Å². The van der Waals surface area contributed by atoms with Gasteiger partial charge in [-0.2, -0.15) is 0 Å². The number of hydrogen-bond acceptors (Lipinski definition) is 13. The molecule has 14 heteroatoms. The Morgan fingerprint density at radius 3 is 2.35 bits per heavy atom. The van der Waals surface area contributed by atoms with E-state index in [1.165, 1.54) is 21.0 Å². The third-order valence-electron chi connectivity index (χ3n) is 11.9. The maximum absolute atomic E-state index is 14.6. The van der Waals surface area contributed by atoms with Crippen LogP contribution in [0.4, 0.5) is 4.79 Å². The molecular formula is C37H51NO13. The number of carbonyl (C=O) groups is 4. The standard InChI is InChI=1S/C37H51NO13/c1-8-9-15-48-33(45)38-26(21-13-11-10-12-14-21)28(42)32(44)50-22-17-37(46)31(47-7)29-35(6,30(43)27(41)25(19(22)2)34(37,4)5)23(40)16-24-36(29,18-49-24)51-20(3)39/h10-14,22-24,26-29,31,40-42,46H,8-9,15-18H2,1-7H3,(H,38,45)/t22-,23-,24?,26-,27+,28+,29?,31-,35?,36-,37+/m0/s1. The van der Waals surface area contributed by atoms with Gasteiger partial charge in [-0.3, -0.25) is 9.59 Å². The number of amides is 1. The normalized spacial score (nSPS) is 36.6. The van der Waals surface area contributed by atoms with Crippen LogP contribution < -0.4 is 5.32 Å². The number of ketones is 1. The Bertz CT molecular complexity index is 1550. The van der Waals surface area contributed by atoms with Crippen molar-refractivity contribution in [3.05, 3.63) is 47.0 Å². The average Bonchev–Trinajstić information content (AvgIpc) is 3.07. The van der Waals surface area contributed by atoms with Crippen molar-refractivity contribution in [3.8, 4) is 0 Å². The quantitative estimate of drug-likeness (QED) is 0.102. The number of fused-ring (bicyclic) bond motifs is 5. The van der Waals surface area contributed by atoms with E-state index in [1.807, 2.05) is 6.92 Å². The van der Waals surface area contributed by atoms with Crippen LogP contribution in [0.3, 0.4) is 0 Å². The lowest BCUT2D eigenvalue weighted by atomic mass is 9.44. The first-order chi connectivity index (χ1) is 23.9. The molecule has 1 aliphatic heterocycles. The SMILES string of the molecule is CCCCOC(=O)N[C@@H](c1ccccc1)[C@@H](O)C(=O)O[C@H]1C[C@@]2(O)[C@@H](OC)C3C(C)(C(=O)[C@H](O)C(=C1C)C2(C)C)[C@@H](O)CC1OC[C@]13OC(C)=O. The molecule has 3 unspecified atom stereocenters. The lowest BCUT2D eigenvalue weighted by Gasteiger charge is -2.67. The maximum Gasteiger partial charge on any atom is 0.407 e. The van der Waals surface area contributed by atoms with Gasteiger partial charge in [0.15, 0.2) is 17.5 Å². The highest BCUT2D eigenvalue weighted by Crippen LogP contribution is 2.64. The van der Waals surface area contributed by atoms with Gasteiger partial charge in [-0.1, -0.05) is 57.5 Å². The molecule has 0 radical (unpaired) electrons. The van der Waals surface area contributed by atoms with Gasteiger partial charge in [0.25, 0.3) is 0 Å². The summed E-state index contributed by atoms with van der Waals surface area (Å²) >= 11 is 0. The van der Waals surface area contributed by atoms with Crippen LogP contribution in [-0.4, -0.2) is 112 Å². The Morgan fingerprint density at radius 2 is 1.78 bits per heavy atom. The fourth-order valence-electron chi connectivity index (χ4n) is 9.01. The minimum atomic E-state index is -2.04. The highest BCUT2D eigenvalue weighted by atomic mass is 16.6. The molecule has 51 heavy (non-hydrogen) atoms. The minimum Gasteiger partial charge on any atom is -0.456 e. The summed E-state index contributed by atoms with van der Waals surface area (Å²) in [6.07, 6.45) is -8.53. The fraction of sp³-hybridized carbons (Fsp3) is 0.676. The van der Waals surface area contributed by atoms with Gasteiger partial charge in [0.1, 0.15) is 23.9 Å². The molecule has 3 fully saturated rings. The number of esters is 2. The van der Waals surface area contributed by atoms with Crippen molar-refractivity contribution in [3.63, 3.8) is 0 Å². The van der Waals surface area contributed by atoms with Gasteiger partial charge in [0, 0.05) is 38.2 Å². The second kappa shape index (κ2) is 14.2. The molecule has 0 spiro atoms. The number of aliphatic hydroxyl groups is 4. The predicted octanol–water partition coefficient (Wildman–Crippen LogP) is 2.05. The van der Waals surface area contributed by atoms with Crippen molar-refractivity contribution in [2.24, 2.45) is 16.7 Å². The van der Waals surface area contributed by atoms with E-state index < -0.39 is 94.4 Å². The number of unbranched alkanes of at least 4 members (excludes halogenated alkanes) is 1. The minimum absolute atomic E-state index is 0.0632. The van der Waals surface area contributed by atoms with Crippen LogP contribution >= 0.6 is 0 Å². The molecule has 282 valence electrons. The van der Waals surface area contributed by atoms with Crippen LogP contribution in [0.25, 0.3) is 0 Å². The molecule has 5 rings (SSSR count). The summed E-state index contributed by atoms with van der Waals surface area (Å²) in [7, 11) is 1.32. The van der Waals surface area contributed by atoms with Crippen molar-refractivity contribution in [2.45, 2.75) is 121 Å². The highest BCUT2D eigenvalue weighted by Gasteiger charge is 2.77. The number of ether oxygens (including phenoxy) is 5. The first-order valence-electron chi connectivity index (χ1n) is 17.5. The number of aliphatic hydroxyl groups excluding tert-OH is 3. The summed E-state index contributed by atoms with van der Waals surface area (Å²) in [5.74, 6) is -3.84. The molecule has 1 aromatic carbocycles. The van der Waals surface area contributed by atoms with Crippen LogP contribution in [0, 0.1) is 16.7 Å². The predicted molar refractivity (Wildman–Crippen MR) is 179 cm³/mol. The van der Waals surface area contributed by atoms with E-state index in [0.29, 0.717) is 12.0 Å².